The summed E-state index contributed by atoms with van der Waals surface area (Å²) in [5.41, 5.74) is 0.999. The van der Waals surface area contributed by atoms with Crippen LogP contribution in [0.4, 0.5) is 0 Å². The minimum Gasteiger partial charge on any atom is -0.508 e. The molecule has 4 heteroatoms. The lowest BCUT2D eigenvalue weighted by Gasteiger charge is -1.99. The van der Waals surface area contributed by atoms with E-state index in [1.165, 1.54) is 0 Å². The largest absolute Gasteiger partial charge is 0.508 e. The highest BCUT2D eigenvalue weighted by Gasteiger charge is 2.05. The Kier molecular flexibility index (Phi) is 4.36. The van der Waals surface area contributed by atoms with Crippen molar-refractivity contribution in [3.05, 3.63) is 47.7 Å². The summed E-state index contributed by atoms with van der Waals surface area (Å²) in [6, 6.07) is 7.15. The highest BCUT2D eigenvalue weighted by molar-refractivity contribution is 5.28. The van der Waals surface area contributed by atoms with Crippen molar-refractivity contribution in [2.75, 3.05) is 13.6 Å². The van der Waals surface area contributed by atoms with Gasteiger partial charge in [-0.15, -0.1) is 0 Å². The van der Waals surface area contributed by atoms with Gasteiger partial charge in [-0.05, 0) is 37.7 Å². The van der Waals surface area contributed by atoms with Crippen LogP contribution in [0.15, 0.2) is 34.9 Å². The molecule has 0 atom stereocenters. The first-order valence-electron chi connectivity index (χ1n) is 6.14. The van der Waals surface area contributed by atoms with Crippen molar-refractivity contribution in [2.45, 2.75) is 19.3 Å². The first-order valence-corrected chi connectivity index (χ1v) is 6.14. The van der Waals surface area contributed by atoms with E-state index in [4.69, 9.17) is 4.42 Å². The second-order valence-electron chi connectivity index (χ2n) is 4.27. The molecule has 4 nitrogen and oxygen atoms in total. The Morgan fingerprint density at radius 2 is 2.28 bits per heavy atom. The fourth-order valence-corrected chi connectivity index (χ4v) is 1.83. The molecular weight excluding hydrogens is 228 g/mol. The van der Waals surface area contributed by atoms with Crippen LogP contribution in [0.2, 0.25) is 0 Å². The Morgan fingerprint density at radius 3 is 3.06 bits per heavy atom. The van der Waals surface area contributed by atoms with Crippen molar-refractivity contribution >= 4 is 0 Å². The molecule has 0 saturated carbocycles. The lowest BCUT2D eigenvalue weighted by Crippen LogP contribution is -2.08. The zero-order valence-electron chi connectivity index (χ0n) is 10.5. The minimum absolute atomic E-state index is 0.272. The number of aromatic nitrogens is 1. The average molecular weight is 246 g/mol. The van der Waals surface area contributed by atoms with Crippen LogP contribution >= 0.6 is 0 Å². The van der Waals surface area contributed by atoms with E-state index in [9.17, 15) is 5.11 Å². The number of hydrogen-bond donors (Lipinski definition) is 2. The number of hydrogen-bond acceptors (Lipinski definition) is 4. The molecule has 0 amide bonds. The smallest absolute Gasteiger partial charge is 0.198 e. The Morgan fingerprint density at radius 1 is 1.39 bits per heavy atom. The van der Waals surface area contributed by atoms with Crippen molar-refractivity contribution in [3.63, 3.8) is 0 Å². The molecule has 0 bridgehead atoms. The molecular formula is C14H18N2O2. The third kappa shape index (κ3) is 3.60. The Hall–Kier alpha value is -1.81. The van der Waals surface area contributed by atoms with Crippen molar-refractivity contribution in [2.24, 2.45) is 0 Å². The van der Waals surface area contributed by atoms with E-state index in [2.05, 4.69) is 10.3 Å². The van der Waals surface area contributed by atoms with E-state index in [1.807, 2.05) is 19.2 Å². The SMILES string of the molecule is CNCCCc1cnc(Cc2cccc(O)c2)o1. The van der Waals surface area contributed by atoms with Crippen LogP contribution in [0.5, 0.6) is 5.75 Å². The number of oxazole rings is 1. The molecule has 1 heterocycles. The van der Waals surface area contributed by atoms with Gasteiger partial charge in [-0.25, -0.2) is 4.98 Å². The van der Waals surface area contributed by atoms with Gasteiger partial charge in [0.25, 0.3) is 0 Å². The van der Waals surface area contributed by atoms with Gasteiger partial charge < -0.3 is 14.8 Å². The van der Waals surface area contributed by atoms with Gasteiger partial charge in [-0.3, -0.25) is 0 Å². The van der Waals surface area contributed by atoms with Gasteiger partial charge in [0, 0.05) is 12.8 Å². The van der Waals surface area contributed by atoms with Gasteiger partial charge in [0.15, 0.2) is 5.89 Å². The Bertz CT molecular complexity index is 494. The highest BCUT2D eigenvalue weighted by atomic mass is 16.4. The predicted octanol–water partition coefficient (Wildman–Crippen LogP) is 2.12. The summed E-state index contributed by atoms with van der Waals surface area (Å²) in [6.45, 7) is 0.975. The monoisotopic (exact) mass is 246 g/mol. The van der Waals surface area contributed by atoms with E-state index in [0.717, 1.165) is 30.7 Å². The van der Waals surface area contributed by atoms with Crippen molar-refractivity contribution in [1.82, 2.24) is 10.3 Å². The standard InChI is InChI=1S/C14H18N2O2/c1-15-7-3-6-13-10-16-14(18-13)9-11-4-2-5-12(17)8-11/h2,4-5,8,10,15,17H,3,6-7,9H2,1H3. The van der Waals surface area contributed by atoms with Crippen LogP contribution in [-0.4, -0.2) is 23.7 Å². The fourth-order valence-electron chi connectivity index (χ4n) is 1.83. The molecule has 2 rings (SSSR count). The van der Waals surface area contributed by atoms with Gasteiger partial charge >= 0.3 is 0 Å². The summed E-state index contributed by atoms with van der Waals surface area (Å²) in [4.78, 5) is 4.25. The van der Waals surface area contributed by atoms with Gasteiger partial charge in [-0.2, -0.15) is 0 Å². The normalized spacial score (nSPS) is 10.7. The summed E-state index contributed by atoms with van der Waals surface area (Å²) >= 11 is 0. The van der Waals surface area contributed by atoms with Crippen LogP contribution < -0.4 is 5.32 Å². The zero-order valence-corrected chi connectivity index (χ0v) is 10.5. The first kappa shape index (κ1) is 12.6. The quantitative estimate of drug-likeness (QED) is 0.767. The van der Waals surface area contributed by atoms with E-state index in [0.29, 0.717) is 12.3 Å². The number of rotatable bonds is 6. The molecule has 0 saturated heterocycles. The molecule has 1 aromatic carbocycles. The zero-order chi connectivity index (χ0) is 12.8. The maximum absolute atomic E-state index is 9.38. The van der Waals surface area contributed by atoms with E-state index in [1.54, 1.807) is 18.3 Å². The third-order valence-electron chi connectivity index (χ3n) is 2.72. The van der Waals surface area contributed by atoms with E-state index >= 15 is 0 Å². The topological polar surface area (TPSA) is 58.3 Å². The Balaban J connectivity index is 1.94. The van der Waals surface area contributed by atoms with Crippen molar-refractivity contribution in [1.29, 1.82) is 0 Å². The van der Waals surface area contributed by atoms with Gasteiger partial charge in [0.05, 0.1) is 6.20 Å². The van der Waals surface area contributed by atoms with Crippen molar-refractivity contribution < 1.29 is 9.52 Å². The lowest BCUT2D eigenvalue weighted by molar-refractivity contribution is 0.456. The molecule has 0 aliphatic heterocycles. The highest BCUT2D eigenvalue weighted by Crippen LogP contribution is 2.15. The number of phenolic OH excluding ortho intramolecular Hbond substituents is 1. The molecule has 0 aliphatic carbocycles. The second kappa shape index (κ2) is 6.21. The summed E-state index contributed by atoms with van der Waals surface area (Å²) in [5, 5.41) is 12.5. The van der Waals surface area contributed by atoms with E-state index in [-0.39, 0.29) is 5.75 Å². The average Bonchev–Trinajstić information content (AvgIpc) is 2.77. The molecule has 18 heavy (non-hydrogen) atoms. The van der Waals surface area contributed by atoms with Gasteiger partial charge in [0.1, 0.15) is 11.5 Å². The summed E-state index contributed by atoms with van der Waals surface area (Å²) in [5.74, 6) is 1.88. The number of phenols is 1. The molecule has 2 aromatic rings. The number of nitrogens with one attached hydrogen (secondary N) is 1. The minimum atomic E-state index is 0.272. The van der Waals surface area contributed by atoms with Crippen LogP contribution in [-0.2, 0) is 12.8 Å². The summed E-state index contributed by atoms with van der Waals surface area (Å²) in [6.07, 6.45) is 4.33. The van der Waals surface area contributed by atoms with Crippen LogP contribution in [0.25, 0.3) is 0 Å². The van der Waals surface area contributed by atoms with Crippen LogP contribution in [0, 0.1) is 0 Å². The number of aromatic hydroxyl groups is 1. The molecule has 0 radical (unpaired) electrons. The lowest BCUT2D eigenvalue weighted by atomic mass is 10.1. The third-order valence-corrected chi connectivity index (χ3v) is 2.72. The van der Waals surface area contributed by atoms with Crippen LogP contribution in [0.1, 0.15) is 23.6 Å². The molecule has 0 spiro atoms. The molecule has 0 aliphatic rings. The molecule has 0 unspecified atom stereocenters. The first-order chi connectivity index (χ1) is 8.78. The van der Waals surface area contributed by atoms with Crippen molar-refractivity contribution in [3.8, 4) is 5.75 Å². The maximum Gasteiger partial charge on any atom is 0.198 e. The Labute approximate surface area is 107 Å². The van der Waals surface area contributed by atoms with E-state index < -0.39 is 0 Å². The fraction of sp³-hybridized carbons (Fsp3) is 0.357. The molecule has 96 valence electrons. The second-order valence-corrected chi connectivity index (χ2v) is 4.27. The summed E-state index contributed by atoms with van der Waals surface area (Å²) < 4.78 is 5.65. The number of benzene rings is 1. The number of nitrogens with zero attached hydrogens (tertiary/aromatic N) is 1. The molecule has 2 N–H and O–H groups in total. The summed E-state index contributed by atoms with van der Waals surface area (Å²) in [7, 11) is 1.94. The van der Waals surface area contributed by atoms with Gasteiger partial charge in [0.2, 0.25) is 0 Å². The number of aryl methyl sites for hydroxylation is 1. The molecule has 0 fully saturated rings. The van der Waals surface area contributed by atoms with Crippen LogP contribution in [0.3, 0.4) is 0 Å². The maximum atomic E-state index is 9.38. The predicted molar refractivity (Wildman–Crippen MR) is 69.7 cm³/mol. The van der Waals surface area contributed by atoms with Gasteiger partial charge in [-0.1, -0.05) is 12.1 Å². The molecule has 1 aromatic heterocycles.